The summed E-state index contributed by atoms with van der Waals surface area (Å²) in [5.41, 5.74) is 3.23. The summed E-state index contributed by atoms with van der Waals surface area (Å²) in [6.07, 6.45) is 0. The van der Waals surface area contributed by atoms with Crippen LogP contribution in [0.15, 0.2) is 72.8 Å². The maximum Gasteiger partial charge on any atom is 0.327 e. The molecule has 0 aliphatic rings. The average molecular weight is 451 g/mol. The number of aromatic nitrogens is 1. The molecule has 0 saturated heterocycles. The van der Waals surface area contributed by atoms with Crippen molar-refractivity contribution in [1.29, 1.82) is 0 Å². The van der Waals surface area contributed by atoms with Crippen molar-refractivity contribution in [3.8, 4) is 11.1 Å². The molecule has 1 heterocycles. The molecule has 4 rings (SSSR count). The van der Waals surface area contributed by atoms with Crippen LogP contribution in [0.3, 0.4) is 0 Å². The number of carbonyl (C=O) groups is 2. The highest BCUT2D eigenvalue weighted by atomic mass is 32.2. The summed E-state index contributed by atoms with van der Waals surface area (Å²) in [4.78, 5) is 29.4. The van der Waals surface area contributed by atoms with E-state index in [1.165, 1.54) is 11.3 Å². The van der Waals surface area contributed by atoms with Crippen LogP contribution in [0.25, 0.3) is 21.3 Å². The highest BCUT2D eigenvalue weighted by molar-refractivity contribution is 7.78. The lowest BCUT2D eigenvalue weighted by Gasteiger charge is -2.09. The molecule has 9 heteroatoms. The normalized spacial score (nSPS) is 11.8. The molecule has 0 radical (unpaired) electrons. The second-order valence-electron chi connectivity index (χ2n) is 6.59. The molecule has 3 amide bonds. The minimum absolute atomic E-state index is 0.0909. The number of carbonyl (C=O) groups excluding carboxylic acids is 2. The fourth-order valence-electron chi connectivity index (χ4n) is 3.10. The number of benzene rings is 3. The van der Waals surface area contributed by atoms with Gasteiger partial charge in [0.25, 0.3) is 5.91 Å². The van der Waals surface area contributed by atoms with Crippen molar-refractivity contribution >= 4 is 49.7 Å². The molecular weight excluding hydrogens is 434 g/mol. The SMILES string of the molecule is O=C(NC(=O)c1ccccc1-c1ccccc1)Nc1nc2ccc(CS(=O)[O-])cc2s1. The van der Waals surface area contributed by atoms with Crippen molar-refractivity contribution < 1.29 is 18.4 Å². The first-order chi connectivity index (χ1) is 15.0. The largest absolute Gasteiger partial charge is 0.772 e. The van der Waals surface area contributed by atoms with Crippen LogP contribution in [0.4, 0.5) is 9.93 Å². The van der Waals surface area contributed by atoms with Gasteiger partial charge in [0.15, 0.2) is 5.13 Å². The van der Waals surface area contributed by atoms with E-state index in [2.05, 4.69) is 15.6 Å². The Morgan fingerprint density at radius 3 is 2.52 bits per heavy atom. The summed E-state index contributed by atoms with van der Waals surface area (Å²) in [5.74, 6) is -0.620. The van der Waals surface area contributed by atoms with E-state index in [4.69, 9.17) is 0 Å². The number of rotatable bonds is 5. The van der Waals surface area contributed by atoms with Gasteiger partial charge in [-0.1, -0.05) is 77.0 Å². The molecule has 0 aliphatic heterocycles. The van der Waals surface area contributed by atoms with Gasteiger partial charge in [-0.2, -0.15) is 0 Å². The van der Waals surface area contributed by atoms with E-state index in [1.54, 1.807) is 30.3 Å². The number of anilines is 1. The van der Waals surface area contributed by atoms with Crippen LogP contribution in [0.5, 0.6) is 0 Å². The predicted molar refractivity (Wildman–Crippen MR) is 121 cm³/mol. The number of nitrogens with zero attached hydrogens (tertiary/aromatic N) is 1. The number of imide groups is 1. The third kappa shape index (κ3) is 5.02. The zero-order valence-corrected chi connectivity index (χ0v) is 17.7. The van der Waals surface area contributed by atoms with E-state index in [-0.39, 0.29) is 5.75 Å². The van der Waals surface area contributed by atoms with Gasteiger partial charge in [0.05, 0.1) is 10.2 Å². The lowest BCUT2D eigenvalue weighted by molar-refractivity contribution is 0.0967. The quantitative estimate of drug-likeness (QED) is 0.440. The van der Waals surface area contributed by atoms with Gasteiger partial charge in [0.1, 0.15) is 0 Å². The second-order valence-corrected chi connectivity index (χ2v) is 8.52. The standard InChI is InChI=1S/C22H17N3O4S2/c26-20(17-9-5-4-8-16(17)15-6-2-1-3-7-15)24-21(27)25-22-23-18-11-10-14(13-31(28)29)12-19(18)30-22/h1-12H,13H2,(H,28,29)(H2,23,24,25,26,27)/p-1. The Hall–Kier alpha value is -3.40. The molecule has 0 bridgehead atoms. The third-order valence-electron chi connectivity index (χ3n) is 4.44. The van der Waals surface area contributed by atoms with Crippen LogP contribution in [0, 0.1) is 0 Å². The van der Waals surface area contributed by atoms with Gasteiger partial charge in [-0.15, -0.1) is 0 Å². The van der Waals surface area contributed by atoms with E-state index < -0.39 is 23.0 Å². The number of nitrogens with one attached hydrogen (secondary N) is 2. The Morgan fingerprint density at radius 1 is 1.00 bits per heavy atom. The Balaban J connectivity index is 1.48. The van der Waals surface area contributed by atoms with Gasteiger partial charge >= 0.3 is 6.03 Å². The number of hydrogen-bond donors (Lipinski definition) is 2. The minimum atomic E-state index is -2.19. The Morgan fingerprint density at radius 2 is 1.74 bits per heavy atom. The second kappa shape index (κ2) is 9.17. The Bertz CT molecular complexity index is 1290. The van der Waals surface area contributed by atoms with E-state index in [9.17, 15) is 18.4 Å². The van der Waals surface area contributed by atoms with E-state index in [0.29, 0.717) is 21.8 Å². The maximum atomic E-state index is 12.7. The van der Waals surface area contributed by atoms with Crippen molar-refractivity contribution in [2.45, 2.75) is 5.75 Å². The highest BCUT2D eigenvalue weighted by Crippen LogP contribution is 2.27. The molecule has 3 aromatic carbocycles. The van der Waals surface area contributed by atoms with Crippen molar-refractivity contribution in [3.05, 3.63) is 83.9 Å². The molecule has 1 unspecified atom stereocenters. The smallest absolute Gasteiger partial charge is 0.327 e. The molecule has 156 valence electrons. The van der Waals surface area contributed by atoms with Gasteiger partial charge in [-0.3, -0.25) is 19.6 Å². The zero-order chi connectivity index (χ0) is 21.8. The first kappa shape index (κ1) is 20.9. The Labute approximate surface area is 184 Å². The van der Waals surface area contributed by atoms with Crippen molar-refractivity contribution in [3.63, 3.8) is 0 Å². The van der Waals surface area contributed by atoms with E-state index >= 15 is 0 Å². The summed E-state index contributed by atoms with van der Waals surface area (Å²) in [6, 6.07) is 20.9. The molecule has 0 aliphatic carbocycles. The maximum absolute atomic E-state index is 12.7. The summed E-state index contributed by atoms with van der Waals surface area (Å²) in [6.45, 7) is 0. The molecule has 1 atom stereocenters. The Kier molecular flexibility index (Phi) is 6.17. The van der Waals surface area contributed by atoms with Crippen LogP contribution in [-0.4, -0.2) is 25.7 Å². The highest BCUT2D eigenvalue weighted by Gasteiger charge is 2.16. The van der Waals surface area contributed by atoms with Crippen LogP contribution in [0.1, 0.15) is 15.9 Å². The molecule has 31 heavy (non-hydrogen) atoms. The van der Waals surface area contributed by atoms with Crippen LogP contribution < -0.4 is 10.6 Å². The monoisotopic (exact) mass is 450 g/mol. The summed E-state index contributed by atoms with van der Waals surface area (Å²) in [7, 11) is 0. The number of fused-ring (bicyclic) bond motifs is 1. The summed E-state index contributed by atoms with van der Waals surface area (Å²) < 4.78 is 22.5. The van der Waals surface area contributed by atoms with Crippen molar-refractivity contribution in [1.82, 2.24) is 10.3 Å². The fourth-order valence-corrected chi connectivity index (χ4v) is 4.47. The predicted octanol–water partition coefficient (Wildman–Crippen LogP) is 4.30. The topological polar surface area (TPSA) is 111 Å². The first-order valence-corrected chi connectivity index (χ1v) is 11.3. The van der Waals surface area contributed by atoms with Crippen molar-refractivity contribution in [2.75, 3.05) is 5.32 Å². The summed E-state index contributed by atoms with van der Waals surface area (Å²) in [5, 5.41) is 5.20. The van der Waals surface area contributed by atoms with E-state index in [1.807, 2.05) is 42.5 Å². The van der Waals surface area contributed by atoms with Gasteiger partial charge in [0, 0.05) is 11.3 Å². The molecular formula is C22H16N3O4S2-. The molecule has 7 nitrogen and oxygen atoms in total. The molecule has 0 fully saturated rings. The summed E-state index contributed by atoms with van der Waals surface area (Å²) >= 11 is -0.991. The molecule has 2 N–H and O–H groups in total. The lowest BCUT2D eigenvalue weighted by Crippen LogP contribution is -2.34. The van der Waals surface area contributed by atoms with Crippen LogP contribution >= 0.6 is 11.3 Å². The minimum Gasteiger partial charge on any atom is -0.772 e. The average Bonchev–Trinajstić information content (AvgIpc) is 3.15. The van der Waals surface area contributed by atoms with Crippen LogP contribution in [-0.2, 0) is 16.8 Å². The fraction of sp³-hybridized carbons (Fsp3) is 0.0455. The van der Waals surface area contributed by atoms with Gasteiger partial charge in [-0.05, 0) is 34.9 Å². The van der Waals surface area contributed by atoms with E-state index in [0.717, 1.165) is 15.8 Å². The number of urea groups is 1. The molecule has 1 aromatic heterocycles. The number of thiazole rings is 1. The van der Waals surface area contributed by atoms with Gasteiger partial charge in [-0.25, -0.2) is 9.78 Å². The van der Waals surface area contributed by atoms with Gasteiger partial charge < -0.3 is 4.55 Å². The molecule has 4 aromatic rings. The first-order valence-electron chi connectivity index (χ1n) is 9.22. The molecule has 0 spiro atoms. The zero-order valence-electron chi connectivity index (χ0n) is 16.0. The molecule has 0 saturated carbocycles. The number of amides is 3. The van der Waals surface area contributed by atoms with Gasteiger partial charge in [0.2, 0.25) is 0 Å². The van der Waals surface area contributed by atoms with Crippen LogP contribution in [0.2, 0.25) is 0 Å². The van der Waals surface area contributed by atoms with Crippen molar-refractivity contribution in [2.24, 2.45) is 0 Å². The third-order valence-corrected chi connectivity index (χ3v) is 5.94. The lowest BCUT2D eigenvalue weighted by atomic mass is 9.99. The number of hydrogen-bond acceptors (Lipinski definition) is 6.